The van der Waals surface area contributed by atoms with Crippen molar-refractivity contribution in [3.05, 3.63) is 5.89 Å². The molecule has 1 aliphatic heterocycles. The van der Waals surface area contributed by atoms with Crippen LogP contribution in [0.15, 0.2) is 4.42 Å². The molecule has 1 saturated carbocycles. The van der Waals surface area contributed by atoms with E-state index in [2.05, 4.69) is 20.4 Å². The van der Waals surface area contributed by atoms with Gasteiger partial charge in [-0.1, -0.05) is 11.5 Å². The van der Waals surface area contributed by atoms with Gasteiger partial charge < -0.3 is 10.2 Å². The van der Waals surface area contributed by atoms with Crippen molar-refractivity contribution < 1.29 is 9.21 Å². The average molecular weight is 279 g/mol. The van der Waals surface area contributed by atoms with Gasteiger partial charge in [-0.2, -0.15) is 0 Å². The Balaban J connectivity index is 1.52. The maximum atomic E-state index is 12.0. The smallest absolute Gasteiger partial charge is 0.322 e. The molecule has 7 heteroatoms. The largest absolute Gasteiger partial charge is 0.408 e. The summed E-state index contributed by atoms with van der Waals surface area (Å²) in [6.45, 7) is 1.86. The van der Waals surface area contributed by atoms with Gasteiger partial charge in [0, 0.05) is 18.5 Å². The Morgan fingerprint density at radius 1 is 1.35 bits per heavy atom. The molecular formula is C13H21N5O2. The van der Waals surface area contributed by atoms with Crippen LogP contribution >= 0.6 is 0 Å². The first-order chi connectivity index (χ1) is 9.76. The van der Waals surface area contributed by atoms with Gasteiger partial charge in [0.1, 0.15) is 0 Å². The lowest BCUT2D eigenvalue weighted by molar-refractivity contribution is -0.118. The Bertz CT molecular complexity index is 471. The van der Waals surface area contributed by atoms with Gasteiger partial charge in [0.15, 0.2) is 0 Å². The number of aromatic nitrogens is 2. The fourth-order valence-electron chi connectivity index (χ4n) is 2.66. The minimum absolute atomic E-state index is 0.114. The van der Waals surface area contributed by atoms with Crippen LogP contribution in [0.4, 0.5) is 6.01 Å². The van der Waals surface area contributed by atoms with Crippen LogP contribution in [0.1, 0.15) is 43.9 Å². The molecule has 1 saturated heterocycles. The highest BCUT2D eigenvalue weighted by Gasteiger charge is 2.30. The van der Waals surface area contributed by atoms with Crippen LogP contribution in [0.3, 0.4) is 0 Å². The topological polar surface area (TPSA) is 97.3 Å². The van der Waals surface area contributed by atoms with Gasteiger partial charge in [0.2, 0.25) is 11.8 Å². The number of carbonyl (C=O) groups excluding carboxylic acids is 1. The molecule has 0 spiro atoms. The molecule has 3 N–H and O–H groups in total. The zero-order valence-corrected chi connectivity index (χ0v) is 11.5. The first kappa shape index (κ1) is 13.5. The van der Waals surface area contributed by atoms with Gasteiger partial charge in [-0.25, -0.2) is 0 Å². The van der Waals surface area contributed by atoms with E-state index in [1.807, 2.05) is 0 Å². The fourth-order valence-corrected chi connectivity index (χ4v) is 2.66. The number of hydrogen-bond acceptors (Lipinski definition) is 6. The summed E-state index contributed by atoms with van der Waals surface area (Å²) in [5.74, 6) is 0.923. The molecule has 1 aliphatic carbocycles. The monoisotopic (exact) mass is 279 g/mol. The number of rotatable bonds is 5. The number of anilines is 1. The van der Waals surface area contributed by atoms with Crippen molar-refractivity contribution in [1.29, 1.82) is 0 Å². The SMILES string of the molecule is NCC1CCCCN1CC(=O)Nc1nnc(C2CC2)o1. The second kappa shape index (κ2) is 5.88. The van der Waals surface area contributed by atoms with Crippen molar-refractivity contribution in [2.75, 3.05) is 25.0 Å². The van der Waals surface area contributed by atoms with E-state index in [0.29, 0.717) is 30.9 Å². The standard InChI is InChI=1S/C13H21N5O2/c14-7-10-3-1-2-6-18(10)8-11(19)15-13-17-16-12(20-13)9-4-5-9/h9-10H,1-8,14H2,(H,15,17,19). The lowest BCUT2D eigenvalue weighted by Crippen LogP contribution is -2.47. The normalized spacial score (nSPS) is 23.8. The van der Waals surface area contributed by atoms with Gasteiger partial charge >= 0.3 is 6.01 Å². The first-order valence-corrected chi connectivity index (χ1v) is 7.33. The summed E-state index contributed by atoms with van der Waals surface area (Å²) in [5, 5.41) is 10.5. The number of piperidine rings is 1. The summed E-state index contributed by atoms with van der Waals surface area (Å²) in [6.07, 6.45) is 5.57. The number of nitrogens with zero attached hydrogens (tertiary/aromatic N) is 3. The summed E-state index contributed by atoms with van der Waals surface area (Å²) in [4.78, 5) is 14.2. The second-order valence-electron chi connectivity index (χ2n) is 5.62. The predicted molar refractivity (Wildman–Crippen MR) is 73.2 cm³/mol. The first-order valence-electron chi connectivity index (χ1n) is 7.33. The quantitative estimate of drug-likeness (QED) is 0.823. The summed E-state index contributed by atoms with van der Waals surface area (Å²) in [5.41, 5.74) is 5.75. The molecular weight excluding hydrogens is 258 g/mol. The molecule has 2 fully saturated rings. The maximum Gasteiger partial charge on any atom is 0.322 e. The van der Waals surface area contributed by atoms with Crippen LogP contribution in [0, 0.1) is 0 Å². The van der Waals surface area contributed by atoms with E-state index in [1.165, 1.54) is 6.42 Å². The molecule has 7 nitrogen and oxygen atoms in total. The van der Waals surface area contributed by atoms with Crippen LogP contribution in [-0.4, -0.2) is 46.7 Å². The van der Waals surface area contributed by atoms with E-state index < -0.39 is 0 Å². The van der Waals surface area contributed by atoms with Gasteiger partial charge in [-0.3, -0.25) is 15.0 Å². The number of nitrogens with two attached hydrogens (primary N) is 1. The Labute approximate surface area is 117 Å². The van der Waals surface area contributed by atoms with Crippen LogP contribution in [-0.2, 0) is 4.79 Å². The maximum absolute atomic E-state index is 12.0. The Kier molecular flexibility index (Phi) is 3.98. The van der Waals surface area contributed by atoms with E-state index >= 15 is 0 Å². The van der Waals surface area contributed by atoms with Crippen molar-refractivity contribution in [2.24, 2.45) is 5.73 Å². The molecule has 2 aliphatic rings. The molecule has 3 rings (SSSR count). The molecule has 1 amide bonds. The van der Waals surface area contributed by atoms with Gasteiger partial charge in [0.25, 0.3) is 0 Å². The van der Waals surface area contributed by atoms with E-state index in [4.69, 9.17) is 10.2 Å². The molecule has 0 bridgehead atoms. The van der Waals surface area contributed by atoms with Crippen LogP contribution in [0.25, 0.3) is 0 Å². The van der Waals surface area contributed by atoms with Crippen LogP contribution in [0.5, 0.6) is 0 Å². The molecule has 1 atom stereocenters. The van der Waals surface area contributed by atoms with Crippen LogP contribution in [0.2, 0.25) is 0 Å². The average Bonchev–Trinajstić information content (AvgIpc) is 3.20. The lowest BCUT2D eigenvalue weighted by atomic mass is 10.0. The van der Waals surface area contributed by atoms with Crippen molar-refractivity contribution >= 4 is 11.9 Å². The Morgan fingerprint density at radius 2 is 2.20 bits per heavy atom. The molecule has 1 aromatic heterocycles. The van der Waals surface area contributed by atoms with Gasteiger partial charge in [0.05, 0.1) is 6.54 Å². The molecule has 110 valence electrons. The third-order valence-corrected chi connectivity index (χ3v) is 3.98. The molecule has 0 radical (unpaired) electrons. The van der Waals surface area contributed by atoms with Crippen molar-refractivity contribution in [3.63, 3.8) is 0 Å². The highest BCUT2D eigenvalue weighted by Crippen LogP contribution is 2.39. The van der Waals surface area contributed by atoms with Crippen LogP contribution < -0.4 is 11.1 Å². The number of carbonyl (C=O) groups is 1. The zero-order chi connectivity index (χ0) is 13.9. The van der Waals surface area contributed by atoms with Gasteiger partial charge in [-0.05, 0) is 32.2 Å². The number of amides is 1. The van der Waals surface area contributed by atoms with E-state index in [9.17, 15) is 4.79 Å². The second-order valence-corrected chi connectivity index (χ2v) is 5.62. The van der Waals surface area contributed by atoms with E-state index in [0.717, 1.165) is 32.2 Å². The van der Waals surface area contributed by atoms with Crippen molar-refractivity contribution in [1.82, 2.24) is 15.1 Å². The minimum atomic E-state index is -0.114. The molecule has 1 aromatic rings. The predicted octanol–water partition coefficient (Wildman–Crippen LogP) is 0.699. The fraction of sp³-hybridized carbons (Fsp3) is 0.769. The summed E-state index contributed by atoms with van der Waals surface area (Å²) in [7, 11) is 0. The number of hydrogen-bond donors (Lipinski definition) is 2. The number of likely N-dealkylation sites (tertiary alicyclic amines) is 1. The van der Waals surface area contributed by atoms with E-state index in [-0.39, 0.29) is 11.9 Å². The molecule has 0 aromatic carbocycles. The molecule has 1 unspecified atom stereocenters. The Morgan fingerprint density at radius 3 is 2.95 bits per heavy atom. The highest BCUT2D eigenvalue weighted by molar-refractivity contribution is 5.90. The lowest BCUT2D eigenvalue weighted by Gasteiger charge is -2.34. The van der Waals surface area contributed by atoms with Gasteiger partial charge in [-0.15, -0.1) is 5.10 Å². The summed E-state index contributed by atoms with van der Waals surface area (Å²) < 4.78 is 5.42. The molecule has 20 heavy (non-hydrogen) atoms. The molecule has 2 heterocycles. The Hall–Kier alpha value is -1.47. The summed E-state index contributed by atoms with van der Waals surface area (Å²) in [6, 6.07) is 0.511. The van der Waals surface area contributed by atoms with E-state index in [1.54, 1.807) is 0 Å². The zero-order valence-electron chi connectivity index (χ0n) is 11.5. The van der Waals surface area contributed by atoms with Crippen molar-refractivity contribution in [3.8, 4) is 0 Å². The third kappa shape index (κ3) is 3.16. The minimum Gasteiger partial charge on any atom is -0.408 e. The number of nitrogens with one attached hydrogen (secondary N) is 1. The summed E-state index contributed by atoms with van der Waals surface area (Å²) >= 11 is 0. The highest BCUT2D eigenvalue weighted by atomic mass is 16.4. The third-order valence-electron chi connectivity index (χ3n) is 3.98. The van der Waals surface area contributed by atoms with Crippen molar-refractivity contribution in [2.45, 2.75) is 44.1 Å².